The molecule has 0 radical (unpaired) electrons. The van der Waals surface area contributed by atoms with Crippen LogP contribution in [0.5, 0.6) is 5.88 Å². The van der Waals surface area contributed by atoms with Gasteiger partial charge >= 0.3 is 0 Å². The van der Waals surface area contributed by atoms with Crippen LogP contribution in [-0.4, -0.2) is 20.9 Å². The molecule has 2 aliphatic carbocycles. The van der Waals surface area contributed by atoms with Crippen LogP contribution in [0.4, 0.5) is 11.4 Å². The summed E-state index contributed by atoms with van der Waals surface area (Å²) in [7, 11) is 0. The molecule has 1 aromatic heterocycles. The summed E-state index contributed by atoms with van der Waals surface area (Å²) in [5.41, 5.74) is 0.447. The number of non-ortho nitro benzene ring substituents is 1. The number of hydrogen-bond acceptors (Lipinski definition) is 5. The Labute approximate surface area is 136 Å². The van der Waals surface area contributed by atoms with Gasteiger partial charge in [-0.05, 0) is 30.7 Å². The normalized spacial score (nSPS) is 25.8. The number of nitrogens with one attached hydrogen (secondary N) is 1. The largest absolute Gasteiger partial charge is 0.493 e. The standard InChI is InChI=1S/C16H16N4O4/c21-15(13-9-3-1-2-4-10(9)13)19-18-14-11-7-8(20(23)24)5-6-12(11)17-16(14)22/h5-7,9-10,13,17,22H,1-4H2. The summed E-state index contributed by atoms with van der Waals surface area (Å²) in [6.45, 7) is 0. The average Bonchev–Trinajstić information content (AvgIpc) is 3.21. The van der Waals surface area contributed by atoms with Crippen LogP contribution in [-0.2, 0) is 4.79 Å². The van der Waals surface area contributed by atoms with E-state index in [9.17, 15) is 20.0 Å². The van der Waals surface area contributed by atoms with Crippen LogP contribution in [0.2, 0.25) is 0 Å². The van der Waals surface area contributed by atoms with Gasteiger partial charge in [-0.15, -0.1) is 10.2 Å². The summed E-state index contributed by atoms with van der Waals surface area (Å²) in [6.07, 6.45) is 4.46. The van der Waals surface area contributed by atoms with Crippen molar-refractivity contribution in [3.63, 3.8) is 0 Å². The molecule has 24 heavy (non-hydrogen) atoms. The number of aromatic nitrogens is 1. The van der Waals surface area contributed by atoms with Gasteiger partial charge in [0.2, 0.25) is 5.88 Å². The number of benzene rings is 1. The first-order valence-corrected chi connectivity index (χ1v) is 8.01. The van der Waals surface area contributed by atoms with E-state index in [1.165, 1.54) is 18.2 Å². The minimum Gasteiger partial charge on any atom is -0.493 e. The third-order valence-corrected chi connectivity index (χ3v) is 5.14. The van der Waals surface area contributed by atoms with E-state index in [-0.39, 0.29) is 29.1 Å². The van der Waals surface area contributed by atoms with E-state index in [4.69, 9.17) is 0 Å². The smallest absolute Gasteiger partial charge is 0.270 e. The molecule has 2 saturated carbocycles. The molecule has 2 atom stereocenters. The van der Waals surface area contributed by atoms with Crippen LogP contribution in [0.15, 0.2) is 28.4 Å². The number of nitro groups is 1. The molecule has 2 aliphatic rings. The first-order valence-electron chi connectivity index (χ1n) is 8.01. The number of H-pyrrole nitrogens is 1. The fourth-order valence-corrected chi connectivity index (χ4v) is 3.89. The molecule has 8 heteroatoms. The maximum absolute atomic E-state index is 12.2. The molecule has 4 rings (SSSR count). The lowest BCUT2D eigenvalue weighted by Crippen LogP contribution is -1.97. The lowest BCUT2D eigenvalue weighted by atomic mass is 10.0. The van der Waals surface area contributed by atoms with E-state index in [1.54, 1.807) is 0 Å². The average molecular weight is 328 g/mol. The maximum Gasteiger partial charge on any atom is 0.270 e. The van der Waals surface area contributed by atoms with Crippen LogP contribution in [0.1, 0.15) is 25.7 Å². The number of rotatable bonds is 3. The number of nitro benzene ring substituents is 1. The zero-order valence-corrected chi connectivity index (χ0v) is 12.8. The van der Waals surface area contributed by atoms with Crippen molar-refractivity contribution >= 4 is 28.2 Å². The zero-order chi connectivity index (χ0) is 16.8. The first kappa shape index (κ1) is 14.8. The highest BCUT2D eigenvalue weighted by Gasteiger charge is 2.54. The molecule has 2 unspecified atom stereocenters. The fraction of sp³-hybridized carbons (Fsp3) is 0.438. The Balaban J connectivity index is 1.61. The number of aromatic hydroxyl groups is 1. The van der Waals surface area contributed by atoms with Gasteiger partial charge in [0.1, 0.15) is 0 Å². The second-order valence-corrected chi connectivity index (χ2v) is 6.49. The molecule has 0 aliphatic heterocycles. The van der Waals surface area contributed by atoms with Crippen molar-refractivity contribution in [1.82, 2.24) is 4.98 Å². The van der Waals surface area contributed by atoms with Gasteiger partial charge in [0.25, 0.3) is 11.6 Å². The Morgan fingerprint density at radius 1 is 1.29 bits per heavy atom. The van der Waals surface area contributed by atoms with Crippen molar-refractivity contribution in [3.05, 3.63) is 28.3 Å². The molecule has 2 aromatic rings. The van der Waals surface area contributed by atoms with Crippen LogP contribution in [0.3, 0.4) is 0 Å². The van der Waals surface area contributed by atoms with Gasteiger partial charge in [-0.1, -0.05) is 12.8 Å². The highest BCUT2D eigenvalue weighted by Crippen LogP contribution is 2.56. The van der Waals surface area contributed by atoms with Crippen LogP contribution in [0, 0.1) is 27.9 Å². The first-order chi connectivity index (χ1) is 11.6. The number of azo groups is 1. The summed E-state index contributed by atoms with van der Waals surface area (Å²) >= 11 is 0. The highest BCUT2D eigenvalue weighted by molar-refractivity contribution is 5.96. The molecule has 1 aromatic carbocycles. The zero-order valence-electron chi connectivity index (χ0n) is 12.8. The number of carbonyl (C=O) groups excluding carboxylic acids is 1. The molecule has 0 saturated heterocycles. The van der Waals surface area contributed by atoms with Gasteiger partial charge in [-0.2, -0.15) is 0 Å². The predicted molar refractivity (Wildman–Crippen MR) is 85.1 cm³/mol. The van der Waals surface area contributed by atoms with Crippen molar-refractivity contribution in [1.29, 1.82) is 0 Å². The van der Waals surface area contributed by atoms with Crippen molar-refractivity contribution in [3.8, 4) is 5.88 Å². The molecule has 0 spiro atoms. The SMILES string of the molecule is O=C(N=Nc1c(O)[nH]c2ccc([N+](=O)[O-])cc12)C1C2CCCCC21. The van der Waals surface area contributed by atoms with E-state index in [0.29, 0.717) is 22.7 Å². The van der Waals surface area contributed by atoms with E-state index >= 15 is 0 Å². The van der Waals surface area contributed by atoms with Crippen LogP contribution < -0.4 is 0 Å². The van der Waals surface area contributed by atoms with Crippen molar-refractivity contribution in [2.45, 2.75) is 25.7 Å². The Kier molecular flexibility index (Phi) is 3.33. The monoisotopic (exact) mass is 328 g/mol. The molecule has 0 bridgehead atoms. The number of nitrogens with zero attached hydrogens (tertiary/aromatic N) is 3. The Bertz CT molecular complexity index is 860. The fourth-order valence-electron chi connectivity index (χ4n) is 3.89. The van der Waals surface area contributed by atoms with Gasteiger partial charge in [0.05, 0.1) is 10.4 Å². The second kappa shape index (κ2) is 5.40. The molecule has 2 fully saturated rings. The van der Waals surface area contributed by atoms with Crippen molar-refractivity contribution in [2.75, 3.05) is 0 Å². The number of hydrogen-bond donors (Lipinski definition) is 2. The molecule has 1 amide bonds. The van der Waals surface area contributed by atoms with Crippen molar-refractivity contribution < 1.29 is 14.8 Å². The Morgan fingerprint density at radius 3 is 2.67 bits per heavy atom. The summed E-state index contributed by atoms with van der Waals surface area (Å²) in [6, 6.07) is 4.13. The van der Waals surface area contributed by atoms with E-state index < -0.39 is 4.92 Å². The lowest BCUT2D eigenvalue weighted by molar-refractivity contribution is -0.384. The maximum atomic E-state index is 12.2. The predicted octanol–water partition coefficient (Wildman–Crippen LogP) is 3.83. The van der Waals surface area contributed by atoms with E-state index in [1.807, 2.05) is 0 Å². The second-order valence-electron chi connectivity index (χ2n) is 6.49. The topological polar surface area (TPSA) is 121 Å². The number of fused-ring (bicyclic) bond motifs is 2. The molecular weight excluding hydrogens is 312 g/mol. The summed E-state index contributed by atoms with van der Waals surface area (Å²) in [4.78, 5) is 25.3. The van der Waals surface area contributed by atoms with Gasteiger partial charge < -0.3 is 10.1 Å². The minimum absolute atomic E-state index is 0.0436. The number of amides is 1. The van der Waals surface area contributed by atoms with Gasteiger partial charge in [0.15, 0.2) is 5.69 Å². The van der Waals surface area contributed by atoms with Gasteiger partial charge in [0, 0.05) is 23.4 Å². The van der Waals surface area contributed by atoms with E-state index in [0.717, 1.165) is 25.7 Å². The minimum atomic E-state index is -0.523. The van der Waals surface area contributed by atoms with Crippen LogP contribution in [0.25, 0.3) is 10.9 Å². The lowest BCUT2D eigenvalue weighted by Gasteiger charge is -2.04. The summed E-state index contributed by atoms with van der Waals surface area (Å²) in [5, 5.41) is 28.9. The molecule has 2 N–H and O–H groups in total. The van der Waals surface area contributed by atoms with Crippen molar-refractivity contribution in [2.24, 2.45) is 28.0 Å². The number of aromatic amines is 1. The molecule has 1 heterocycles. The third kappa shape index (κ3) is 2.34. The molecule has 8 nitrogen and oxygen atoms in total. The quantitative estimate of drug-likeness (QED) is 0.505. The highest BCUT2D eigenvalue weighted by atomic mass is 16.6. The van der Waals surface area contributed by atoms with Gasteiger partial charge in [-0.25, -0.2) is 0 Å². The summed E-state index contributed by atoms with van der Waals surface area (Å²) < 4.78 is 0. The Morgan fingerprint density at radius 2 is 2.00 bits per heavy atom. The number of carbonyl (C=O) groups is 1. The molecule has 124 valence electrons. The van der Waals surface area contributed by atoms with Crippen LogP contribution >= 0.6 is 0 Å². The third-order valence-electron chi connectivity index (χ3n) is 5.14. The Hall–Kier alpha value is -2.77. The van der Waals surface area contributed by atoms with Gasteiger partial charge in [-0.3, -0.25) is 14.9 Å². The summed E-state index contributed by atoms with van der Waals surface area (Å²) in [5.74, 6) is 0.310. The van der Waals surface area contributed by atoms with E-state index in [2.05, 4.69) is 15.2 Å². The molecular formula is C16H16N4O4.